The van der Waals surface area contributed by atoms with Gasteiger partial charge in [-0.05, 0) is 37.5 Å². The molecule has 0 saturated heterocycles. The van der Waals surface area contributed by atoms with E-state index in [4.69, 9.17) is 0 Å². The Labute approximate surface area is 107 Å². The van der Waals surface area contributed by atoms with Crippen molar-refractivity contribution in [3.63, 3.8) is 0 Å². The lowest BCUT2D eigenvalue weighted by Crippen LogP contribution is -2.49. The molecule has 15 heavy (non-hydrogen) atoms. The molecule has 0 nitrogen and oxygen atoms in total. The van der Waals surface area contributed by atoms with Crippen molar-refractivity contribution in [3.05, 3.63) is 24.3 Å². The number of alkyl halides is 2. The van der Waals surface area contributed by atoms with Crippen LogP contribution in [0.3, 0.4) is 0 Å². The summed E-state index contributed by atoms with van der Waals surface area (Å²) in [5, 5.41) is 0. The molecule has 2 heteroatoms. The molecule has 4 aliphatic carbocycles. The van der Waals surface area contributed by atoms with Crippen LogP contribution < -0.4 is 0 Å². The molecule has 2 fully saturated rings. The molecule has 0 heterocycles. The Morgan fingerprint density at radius 3 is 1.73 bits per heavy atom. The third-order valence-corrected chi connectivity index (χ3v) is 7.73. The maximum absolute atomic E-state index is 3.86. The van der Waals surface area contributed by atoms with E-state index < -0.39 is 0 Å². The van der Waals surface area contributed by atoms with Gasteiger partial charge in [0.25, 0.3) is 0 Å². The van der Waals surface area contributed by atoms with Crippen LogP contribution in [0.4, 0.5) is 0 Å². The average molecular weight is 330 g/mol. The SMILES string of the molecule is BrC1(Br)[C@@H]2C[C@]34C=C[C@]3(CC=CC4)C[C@@H]21. The fourth-order valence-corrected chi connectivity index (χ4v) is 5.86. The molecule has 0 N–H and O–H groups in total. The normalized spacial score (nSPS) is 57.5. The van der Waals surface area contributed by atoms with E-state index in [2.05, 4.69) is 56.2 Å². The van der Waals surface area contributed by atoms with Gasteiger partial charge in [-0.25, -0.2) is 0 Å². The summed E-state index contributed by atoms with van der Waals surface area (Å²) in [5.41, 5.74) is 1.07. The molecule has 80 valence electrons. The lowest BCUT2D eigenvalue weighted by atomic mass is 9.45. The second-order valence-electron chi connectivity index (χ2n) is 5.82. The molecule has 4 aliphatic rings. The van der Waals surface area contributed by atoms with Gasteiger partial charge in [0.1, 0.15) is 0 Å². The van der Waals surface area contributed by atoms with E-state index in [0.29, 0.717) is 10.8 Å². The van der Waals surface area contributed by atoms with Crippen molar-refractivity contribution < 1.29 is 0 Å². The number of hydrogen-bond donors (Lipinski definition) is 0. The predicted molar refractivity (Wildman–Crippen MR) is 69.2 cm³/mol. The largest absolute Gasteiger partial charge is 0.0876 e. The molecule has 2 saturated carbocycles. The minimum Gasteiger partial charge on any atom is -0.0876 e. The van der Waals surface area contributed by atoms with Gasteiger partial charge < -0.3 is 0 Å². The highest BCUT2D eigenvalue weighted by molar-refractivity contribution is 9.25. The Kier molecular flexibility index (Phi) is 1.56. The van der Waals surface area contributed by atoms with Crippen molar-refractivity contribution >= 4 is 31.9 Å². The van der Waals surface area contributed by atoms with Gasteiger partial charge in [0, 0.05) is 10.8 Å². The first-order chi connectivity index (χ1) is 7.10. The lowest BCUT2D eigenvalue weighted by Gasteiger charge is -2.58. The molecule has 0 spiro atoms. The molecule has 0 amide bonds. The number of allylic oxidation sites excluding steroid dienone is 4. The van der Waals surface area contributed by atoms with Crippen molar-refractivity contribution in [2.45, 2.75) is 28.9 Å². The Morgan fingerprint density at radius 2 is 1.33 bits per heavy atom. The van der Waals surface area contributed by atoms with Crippen LogP contribution in [0.2, 0.25) is 0 Å². The van der Waals surface area contributed by atoms with Crippen LogP contribution in [-0.4, -0.2) is 3.23 Å². The van der Waals surface area contributed by atoms with Crippen molar-refractivity contribution in [3.8, 4) is 0 Å². The van der Waals surface area contributed by atoms with Gasteiger partial charge in [-0.2, -0.15) is 0 Å². The fraction of sp³-hybridized carbons (Fsp3) is 0.692. The molecule has 0 bridgehead atoms. The number of hydrogen-bond acceptors (Lipinski definition) is 0. The molecule has 0 aromatic heterocycles. The van der Waals surface area contributed by atoms with Crippen molar-refractivity contribution in [1.29, 1.82) is 0 Å². The molecule has 0 aliphatic heterocycles. The van der Waals surface area contributed by atoms with E-state index in [9.17, 15) is 0 Å². The third kappa shape index (κ3) is 0.914. The van der Waals surface area contributed by atoms with E-state index in [1.165, 1.54) is 25.7 Å². The highest BCUT2D eigenvalue weighted by Gasteiger charge is 2.72. The first-order valence-electron chi connectivity index (χ1n) is 5.83. The van der Waals surface area contributed by atoms with Gasteiger partial charge in [0.05, 0.1) is 3.23 Å². The molecular formula is C13H14Br2. The molecular weight excluding hydrogens is 316 g/mol. The summed E-state index contributed by atoms with van der Waals surface area (Å²) in [6.07, 6.45) is 15.1. The Balaban J connectivity index is 1.77. The molecule has 4 rings (SSSR count). The summed E-state index contributed by atoms with van der Waals surface area (Å²) in [4.78, 5) is 0. The van der Waals surface area contributed by atoms with Crippen molar-refractivity contribution in [2.75, 3.05) is 0 Å². The van der Waals surface area contributed by atoms with Crippen LogP contribution in [0.15, 0.2) is 24.3 Å². The van der Waals surface area contributed by atoms with Crippen LogP contribution in [0.25, 0.3) is 0 Å². The van der Waals surface area contributed by atoms with Gasteiger partial charge in [0.2, 0.25) is 0 Å². The first-order valence-corrected chi connectivity index (χ1v) is 7.42. The molecule has 0 unspecified atom stereocenters. The van der Waals surface area contributed by atoms with E-state index in [0.717, 1.165) is 11.8 Å². The monoisotopic (exact) mass is 328 g/mol. The van der Waals surface area contributed by atoms with Crippen LogP contribution in [0, 0.1) is 22.7 Å². The summed E-state index contributed by atoms with van der Waals surface area (Å²) < 4.78 is 0.281. The Hall–Kier alpha value is 0.440. The Bertz CT molecular complexity index is 361. The number of rotatable bonds is 0. The second-order valence-corrected chi connectivity index (χ2v) is 9.51. The highest BCUT2D eigenvalue weighted by Crippen LogP contribution is 2.78. The fourth-order valence-electron chi connectivity index (χ4n) is 4.20. The van der Waals surface area contributed by atoms with Crippen molar-refractivity contribution in [1.82, 2.24) is 0 Å². The predicted octanol–water partition coefficient (Wildman–Crippen LogP) is 4.40. The van der Waals surface area contributed by atoms with E-state index in [-0.39, 0.29) is 3.23 Å². The number of fused-ring (bicyclic) bond motifs is 1. The quantitative estimate of drug-likeness (QED) is 0.456. The zero-order chi connectivity index (χ0) is 10.3. The number of halogens is 2. The lowest BCUT2D eigenvalue weighted by molar-refractivity contribution is 0.0323. The first kappa shape index (κ1) is 9.47. The zero-order valence-electron chi connectivity index (χ0n) is 8.55. The Morgan fingerprint density at radius 1 is 0.867 bits per heavy atom. The summed E-state index contributed by atoms with van der Waals surface area (Å²) in [6.45, 7) is 0. The van der Waals surface area contributed by atoms with E-state index >= 15 is 0 Å². The minimum absolute atomic E-state index is 0.281. The smallest absolute Gasteiger partial charge is 0.0869 e. The summed E-state index contributed by atoms with van der Waals surface area (Å²) in [6, 6.07) is 0. The zero-order valence-corrected chi connectivity index (χ0v) is 11.7. The second kappa shape index (κ2) is 2.48. The van der Waals surface area contributed by atoms with Crippen LogP contribution in [-0.2, 0) is 0 Å². The van der Waals surface area contributed by atoms with Crippen LogP contribution in [0.1, 0.15) is 25.7 Å². The maximum Gasteiger partial charge on any atom is 0.0869 e. The standard InChI is InChI=1S/C13H14Br2/c14-13(15)9-7-11-3-1-2-4-12(11,6-5-11)8-10(9)13/h1-2,5-6,9-10H,3-4,7-8H2/t9-,10+,11+,12-. The molecule has 0 aromatic rings. The van der Waals surface area contributed by atoms with Gasteiger partial charge in [-0.3, -0.25) is 0 Å². The van der Waals surface area contributed by atoms with Crippen LogP contribution >= 0.6 is 31.9 Å². The molecule has 0 radical (unpaired) electrons. The third-order valence-electron chi connectivity index (χ3n) is 5.38. The van der Waals surface area contributed by atoms with Gasteiger partial charge in [0.15, 0.2) is 0 Å². The molecule has 4 atom stereocenters. The van der Waals surface area contributed by atoms with Gasteiger partial charge in [-0.1, -0.05) is 56.2 Å². The maximum atomic E-state index is 3.86. The van der Waals surface area contributed by atoms with Crippen LogP contribution in [0.5, 0.6) is 0 Å². The molecule has 0 aromatic carbocycles. The van der Waals surface area contributed by atoms with E-state index in [1.54, 1.807) is 0 Å². The highest BCUT2D eigenvalue weighted by atomic mass is 79.9. The summed E-state index contributed by atoms with van der Waals surface area (Å²) in [5.74, 6) is 1.73. The van der Waals surface area contributed by atoms with Gasteiger partial charge in [-0.15, -0.1) is 0 Å². The minimum atomic E-state index is 0.281. The summed E-state index contributed by atoms with van der Waals surface area (Å²) >= 11 is 7.72. The van der Waals surface area contributed by atoms with Gasteiger partial charge >= 0.3 is 0 Å². The summed E-state index contributed by atoms with van der Waals surface area (Å²) in [7, 11) is 0. The van der Waals surface area contributed by atoms with E-state index in [1.807, 2.05) is 0 Å². The topological polar surface area (TPSA) is 0 Å². The average Bonchev–Trinajstić information content (AvgIpc) is 2.69. The van der Waals surface area contributed by atoms with Crippen molar-refractivity contribution in [2.24, 2.45) is 22.7 Å².